The third kappa shape index (κ3) is 5.34. The average Bonchev–Trinajstić information content (AvgIpc) is 2.62. The number of amides is 2. The Kier molecular flexibility index (Phi) is 7.03. The fraction of sp³-hybridized carbons (Fsp3) is 0.333. The van der Waals surface area contributed by atoms with E-state index in [2.05, 4.69) is 10.3 Å². The number of pyridine rings is 1. The fourth-order valence-electron chi connectivity index (χ4n) is 2.27. The zero-order chi connectivity index (χ0) is 18.2. The second-order valence-corrected chi connectivity index (χ2v) is 5.87. The standard InChI is InChI=1S/C18H22ClN3O3/c1-13-10-16(17(25-3)11-15(13)19)21-18(23)22(8-9-24-2)12-14-6-4-5-7-20-14/h4-7,10-11H,8-9,12H2,1-3H3,(H,21,23). The number of anilines is 1. The Bertz CT molecular complexity index is 710. The highest BCUT2D eigenvalue weighted by atomic mass is 35.5. The van der Waals surface area contributed by atoms with E-state index >= 15 is 0 Å². The molecule has 0 saturated carbocycles. The van der Waals surface area contributed by atoms with Gasteiger partial charge in [0.15, 0.2) is 0 Å². The van der Waals surface area contributed by atoms with Gasteiger partial charge in [-0.25, -0.2) is 4.79 Å². The smallest absolute Gasteiger partial charge is 0.322 e. The van der Waals surface area contributed by atoms with Gasteiger partial charge in [0.1, 0.15) is 5.75 Å². The number of hydrogen-bond donors (Lipinski definition) is 1. The lowest BCUT2D eigenvalue weighted by molar-refractivity contribution is 0.152. The van der Waals surface area contributed by atoms with Crippen LogP contribution in [-0.2, 0) is 11.3 Å². The summed E-state index contributed by atoms with van der Waals surface area (Å²) in [6.45, 7) is 3.11. The topological polar surface area (TPSA) is 63.7 Å². The number of methoxy groups -OCH3 is 2. The number of ether oxygens (including phenoxy) is 2. The Morgan fingerprint density at radius 2 is 2.12 bits per heavy atom. The van der Waals surface area contributed by atoms with Crippen LogP contribution in [0.2, 0.25) is 5.02 Å². The number of hydrogen-bond acceptors (Lipinski definition) is 4. The predicted molar refractivity (Wildman–Crippen MR) is 98.3 cm³/mol. The Morgan fingerprint density at radius 1 is 1.32 bits per heavy atom. The van der Waals surface area contributed by atoms with Gasteiger partial charge in [-0.1, -0.05) is 17.7 Å². The van der Waals surface area contributed by atoms with Crippen molar-refractivity contribution in [3.05, 3.63) is 52.8 Å². The van der Waals surface area contributed by atoms with Gasteiger partial charge in [-0.3, -0.25) is 4.98 Å². The number of halogens is 1. The highest BCUT2D eigenvalue weighted by Gasteiger charge is 2.17. The van der Waals surface area contributed by atoms with E-state index in [0.717, 1.165) is 11.3 Å². The van der Waals surface area contributed by atoms with Gasteiger partial charge in [0.05, 0.1) is 31.6 Å². The maximum absolute atomic E-state index is 12.7. The van der Waals surface area contributed by atoms with Crippen LogP contribution in [0.25, 0.3) is 0 Å². The normalized spacial score (nSPS) is 10.4. The Hall–Kier alpha value is -2.31. The molecule has 1 heterocycles. The van der Waals surface area contributed by atoms with E-state index in [9.17, 15) is 4.79 Å². The minimum absolute atomic E-state index is 0.261. The first-order chi connectivity index (χ1) is 12.0. The van der Waals surface area contributed by atoms with Crippen LogP contribution in [0.1, 0.15) is 11.3 Å². The molecule has 2 rings (SSSR count). The van der Waals surface area contributed by atoms with Crippen molar-refractivity contribution in [1.29, 1.82) is 0 Å². The molecule has 2 aromatic rings. The number of carbonyl (C=O) groups excluding carboxylic acids is 1. The molecule has 0 bridgehead atoms. The average molecular weight is 364 g/mol. The molecule has 6 nitrogen and oxygen atoms in total. The number of aryl methyl sites for hydroxylation is 1. The van der Waals surface area contributed by atoms with Gasteiger partial charge in [-0.05, 0) is 30.7 Å². The van der Waals surface area contributed by atoms with E-state index in [4.69, 9.17) is 21.1 Å². The van der Waals surface area contributed by atoms with Crippen molar-refractivity contribution < 1.29 is 14.3 Å². The lowest BCUT2D eigenvalue weighted by atomic mass is 10.2. The molecule has 7 heteroatoms. The lowest BCUT2D eigenvalue weighted by Crippen LogP contribution is -2.37. The molecule has 1 aromatic heterocycles. The molecule has 0 fully saturated rings. The number of nitrogens with zero attached hydrogens (tertiary/aromatic N) is 2. The van der Waals surface area contributed by atoms with Crippen molar-refractivity contribution in [2.24, 2.45) is 0 Å². The Labute approximate surface area is 152 Å². The Balaban J connectivity index is 2.17. The predicted octanol–water partition coefficient (Wildman–Crippen LogP) is 3.73. The Morgan fingerprint density at radius 3 is 2.76 bits per heavy atom. The monoisotopic (exact) mass is 363 g/mol. The zero-order valence-corrected chi connectivity index (χ0v) is 15.3. The van der Waals surface area contributed by atoms with Crippen LogP contribution in [0.4, 0.5) is 10.5 Å². The summed E-state index contributed by atoms with van der Waals surface area (Å²) in [4.78, 5) is 18.6. The molecule has 0 unspecified atom stereocenters. The number of nitrogens with one attached hydrogen (secondary N) is 1. The molecule has 1 aromatic carbocycles. The third-order valence-corrected chi connectivity index (χ3v) is 4.06. The van der Waals surface area contributed by atoms with E-state index in [1.807, 2.05) is 25.1 Å². The number of carbonyl (C=O) groups is 1. The summed E-state index contributed by atoms with van der Waals surface area (Å²) in [7, 11) is 3.13. The first-order valence-electron chi connectivity index (χ1n) is 7.84. The summed E-state index contributed by atoms with van der Waals surface area (Å²) < 4.78 is 10.4. The molecule has 0 aliphatic heterocycles. The molecule has 0 saturated heterocycles. The van der Waals surface area contributed by atoms with Crippen LogP contribution in [0.5, 0.6) is 5.75 Å². The van der Waals surface area contributed by atoms with Gasteiger partial charge < -0.3 is 19.7 Å². The molecule has 134 valence electrons. The van der Waals surface area contributed by atoms with E-state index < -0.39 is 0 Å². The molecular weight excluding hydrogens is 342 g/mol. The van der Waals surface area contributed by atoms with Crippen LogP contribution in [-0.4, -0.2) is 43.3 Å². The number of rotatable bonds is 7. The fourth-order valence-corrected chi connectivity index (χ4v) is 2.42. The summed E-state index contributed by atoms with van der Waals surface area (Å²) in [6.07, 6.45) is 1.70. The van der Waals surface area contributed by atoms with Crippen molar-refractivity contribution in [2.45, 2.75) is 13.5 Å². The van der Waals surface area contributed by atoms with E-state index in [1.54, 1.807) is 30.3 Å². The van der Waals surface area contributed by atoms with E-state index in [-0.39, 0.29) is 6.03 Å². The molecule has 0 aliphatic carbocycles. The van der Waals surface area contributed by atoms with Gasteiger partial charge in [-0.15, -0.1) is 0 Å². The van der Waals surface area contributed by atoms with Gasteiger partial charge in [0.25, 0.3) is 0 Å². The van der Waals surface area contributed by atoms with Crippen LogP contribution in [0.3, 0.4) is 0 Å². The molecular formula is C18H22ClN3O3. The highest BCUT2D eigenvalue weighted by molar-refractivity contribution is 6.31. The molecule has 25 heavy (non-hydrogen) atoms. The first-order valence-corrected chi connectivity index (χ1v) is 8.22. The number of urea groups is 1. The van der Waals surface area contributed by atoms with Crippen LogP contribution < -0.4 is 10.1 Å². The van der Waals surface area contributed by atoms with Crippen LogP contribution in [0, 0.1) is 6.92 Å². The number of benzene rings is 1. The number of aromatic nitrogens is 1. The molecule has 2 amide bonds. The molecule has 0 aliphatic rings. The summed E-state index contributed by atoms with van der Waals surface area (Å²) in [5, 5.41) is 3.46. The second-order valence-electron chi connectivity index (χ2n) is 5.47. The summed E-state index contributed by atoms with van der Waals surface area (Å²) in [5.41, 5.74) is 2.22. The quantitative estimate of drug-likeness (QED) is 0.814. The first kappa shape index (κ1) is 19.0. The third-order valence-electron chi connectivity index (χ3n) is 3.65. The summed E-state index contributed by atoms with van der Waals surface area (Å²) in [6, 6.07) is 8.81. The van der Waals surface area contributed by atoms with Crippen molar-refractivity contribution in [1.82, 2.24) is 9.88 Å². The van der Waals surface area contributed by atoms with Crippen molar-refractivity contribution in [3.8, 4) is 5.75 Å². The van der Waals surface area contributed by atoms with E-state index in [0.29, 0.717) is 36.2 Å². The van der Waals surface area contributed by atoms with Gasteiger partial charge in [0.2, 0.25) is 0 Å². The van der Waals surface area contributed by atoms with Crippen molar-refractivity contribution >= 4 is 23.3 Å². The molecule has 0 radical (unpaired) electrons. The maximum atomic E-state index is 12.7. The lowest BCUT2D eigenvalue weighted by Gasteiger charge is -2.23. The second kappa shape index (κ2) is 9.25. The largest absolute Gasteiger partial charge is 0.495 e. The zero-order valence-electron chi connectivity index (χ0n) is 14.6. The minimum Gasteiger partial charge on any atom is -0.495 e. The maximum Gasteiger partial charge on any atom is 0.322 e. The minimum atomic E-state index is -0.261. The highest BCUT2D eigenvalue weighted by Crippen LogP contribution is 2.31. The molecule has 1 N–H and O–H groups in total. The van der Waals surface area contributed by atoms with Gasteiger partial charge in [0, 0.05) is 30.9 Å². The van der Waals surface area contributed by atoms with Gasteiger partial charge in [-0.2, -0.15) is 0 Å². The van der Waals surface area contributed by atoms with Crippen molar-refractivity contribution in [2.75, 3.05) is 32.7 Å². The van der Waals surface area contributed by atoms with Crippen molar-refractivity contribution in [3.63, 3.8) is 0 Å². The molecule has 0 atom stereocenters. The van der Waals surface area contributed by atoms with Gasteiger partial charge >= 0.3 is 6.03 Å². The summed E-state index contributed by atoms with van der Waals surface area (Å²) >= 11 is 6.11. The SMILES string of the molecule is COCCN(Cc1ccccn1)C(=O)Nc1cc(C)c(Cl)cc1OC. The molecule has 0 spiro atoms. The summed E-state index contributed by atoms with van der Waals surface area (Å²) in [5.74, 6) is 0.508. The van der Waals surface area contributed by atoms with Crippen LogP contribution >= 0.6 is 11.6 Å². The van der Waals surface area contributed by atoms with Crippen LogP contribution in [0.15, 0.2) is 36.5 Å². The van der Waals surface area contributed by atoms with E-state index in [1.165, 1.54) is 7.11 Å².